The second kappa shape index (κ2) is 16.6. The summed E-state index contributed by atoms with van der Waals surface area (Å²) < 4.78 is 10.0. The average molecular weight is 562 g/mol. The number of benzene rings is 2. The van der Waals surface area contributed by atoms with Crippen molar-refractivity contribution in [1.29, 1.82) is 0 Å². The molecule has 7 heteroatoms. The summed E-state index contributed by atoms with van der Waals surface area (Å²) in [4.78, 5) is 25.8. The predicted octanol–water partition coefficient (Wildman–Crippen LogP) is 4.07. The van der Waals surface area contributed by atoms with Crippen LogP contribution in [0.25, 0.3) is 12.2 Å². The zero-order valence-corrected chi connectivity index (χ0v) is 22.5. The minimum atomic E-state index is -0.497. The minimum absolute atomic E-state index is 0. The third-order valence-electron chi connectivity index (χ3n) is 5.32. The van der Waals surface area contributed by atoms with Crippen LogP contribution in [0.1, 0.15) is 11.1 Å². The second-order valence-electron chi connectivity index (χ2n) is 7.95. The first kappa shape index (κ1) is 31.9. The molecule has 0 unspecified atom stereocenters. The van der Waals surface area contributed by atoms with Crippen LogP contribution in [0, 0.1) is 63.7 Å². The Kier molecular flexibility index (Phi) is 13.6. The van der Waals surface area contributed by atoms with Gasteiger partial charge in [0.25, 0.3) is 0 Å². The maximum Gasteiger partial charge on any atom is 2.00 e. The number of hydrogen-bond donors (Lipinski definition) is 0. The maximum atomic E-state index is 12.9. The Morgan fingerprint density at radius 2 is 1.08 bits per heavy atom. The van der Waals surface area contributed by atoms with Crippen LogP contribution in [0.4, 0.5) is 0 Å². The Morgan fingerprint density at radius 3 is 1.46 bits per heavy atom. The molecule has 198 valence electrons. The molecule has 2 saturated carbocycles. The first-order valence-electron chi connectivity index (χ1n) is 11.7. The standard InChI is InChI=1S/C27H23O6.C5H5.Fe/c1-32-26-16-19(9-13-24(26)30)7-11-22(28)21(15-18-5-3-4-6-18)23(29)12-8-20-10-14-25(31)27(17-20)33-2;1-2-4-5-3-1;/h3-17,30-31H,1-2H3;1-5H;/q;;+2/p-2/b11-7+,12-8+;;. The molecule has 0 amide bonds. The SMILES string of the molecule is COc1cc(/C=C/C(=O)C(=C[C]2[CH][CH][CH][CH]2)C(=O)/C=C/c2ccc([O-])c(OC)c2)ccc1[O-].[CH]1[CH][CH][CH][CH]1.[Fe+2]. The molecule has 10 radical (unpaired) electrons. The third-order valence-corrected chi connectivity index (χ3v) is 5.32. The van der Waals surface area contributed by atoms with E-state index in [-0.39, 0.29) is 45.6 Å². The molecule has 0 aliphatic heterocycles. The quantitative estimate of drug-likeness (QED) is 0.198. The van der Waals surface area contributed by atoms with Crippen LogP contribution < -0.4 is 19.7 Å². The smallest absolute Gasteiger partial charge is 0.870 e. The summed E-state index contributed by atoms with van der Waals surface area (Å²) >= 11 is 0. The van der Waals surface area contributed by atoms with Crippen molar-refractivity contribution >= 4 is 23.7 Å². The van der Waals surface area contributed by atoms with E-state index in [0.717, 1.165) is 0 Å². The van der Waals surface area contributed by atoms with Gasteiger partial charge in [-0.05, 0) is 93.2 Å². The number of carbonyl (C=O) groups excluding carboxylic acids is 2. The van der Waals surface area contributed by atoms with E-state index in [2.05, 4.69) is 0 Å². The van der Waals surface area contributed by atoms with Gasteiger partial charge in [-0.2, -0.15) is 0 Å². The molecular formula is C32H26FeO6. The van der Waals surface area contributed by atoms with Crippen molar-refractivity contribution in [3.05, 3.63) is 135 Å². The van der Waals surface area contributed by atoms with Crippen molar-refractivity contribution in [1.82, 2.24) is 0 Å². The molecule has 4 rings (SSSR count). The molecule has 2 aromatic rings. The first-order valence-corrected chi connectivity index (χ1v) is 11.7. The monoisotopic (exact) mass is 562 g/mol. The molecule has 0 atom stereocenters. The predicted molar refractivity (Wildman–Crippen MR) is 143 cm³/mol. The Hall–Kier alpha value is -3.28. The largest absolute Gasteiger partial charge is 2.00 e. The molecule has 0 saturated heterocycles. The van der Waals surface area contributed by atoms with Crippen molar-refractivity contribution in [2.45, 2.75) is 0 Å². The molecule has 2 aromatic carbocycles. The van der Waals surface area contributed by atoms with Gasteiger partial charge >= 0.3 is 17.1 Å². The van der Waals surface area contributed by atoms with Gasteiger partial charge in [-0.1, -0.05) is 54.0 Å². The van der Waals surface area contributed by atoms with Gasteiger partial charge in [-0.25, -0.2) is 0 Å². The van der Waals surface area contributed by atoms with Gasteiger partial charge in [0.1, 0.15) is 11.5 Å². The molecule has 0 N–H and O–H groups in total. The van der Waals surface area contributed by atoms with E-state index in [4.69, 9.17) is 9.47 Å². The van der Waals surface area contributed by atoms with E-state index in [1.54, 1.807) is 37.8 Å². The Balaban J connectivity index is 0.000000797. The van der Waals surface area contributed by atoms with E-state index < -0.39 is 11.6 Å². The first-order chi connectivity index (χ1) is 18.4. The van der Waals surface area contributed by atoms with Gasteiger partial charge in [-0.3, -0.25) is 9.59 Å². The van der Waals surface area contributed by atoms with Crippen LogP contribution in [-0.4, -0.2) is 25.8 Å². The van der Waals surface area contributed by atoms with Gasteiger partial charge in [0, 0.05) is 5.92 Å². The van der Waals surface area contributed by atoms with Gasteiger partial charge in [0.15, 0.2) is 11.6 Å². The second-order valence-corrected chi connectivity index (χ2v) is 7.95. The number of hydrogen-bond acceptors (Lipinski definition) is 6. The summed E-state index contributed by atoms with van der Waals surface area (Å²) in [6, 6.07) is 8.84. The fourth-order valence-corrected chi connectivity index (χ4v) is 3.34. The number of allylic oxidation sites excluding steroid dienone is 4. The number of carbonyl (C=O) groups is 2. The molecule has 6 nitrogen and oxygen atoms in total. The third kappa shape index (κ3) is 10.1. The molecule has 2 aliphatic carbocycles. The molecule has 39 heavy (non-hydrogen) atoms. The number of methoxy groups -OCH3 is 2. The zero-order valence-electron chi connectivity index (χ0n) is 21.4. The Bertz CT molecular complexity index is 1100. The summed E-state index contributed by atoms with van der Waals surface area (Å²) in [5.41, 5.74) is 1.13. The maximum absolute atomic E-state index is 12.9. The van der Waals surface area contributed by atoms with E-state index in [0.29, 0.717) is 17.0 Å². The van der Waals surface area contributed by atoms with Gasteiger partial charge in [-0.15, -0.1) is 0 Å². The number of rotatable bonds is 9. The van der Waals surface area contributed by atoms with Gasteiger partial charge < -0.3 is 19.7 Å². The number of ether oxygens (including phenoxy) is 2. The minimum Gasteiger partial charge on any atom is -0.870 e. The van der Waals surface area contributed by atoms with Crippen molar-refractivity contribution in [2.75, 3.05) is 14.2 Å². The molecule has 2 fully saturated rings. The van der Waals surface area contributed by atoms with Crippen LogP contribution in [0.3, 0.4) is 0 Å². The summed E-state index contributed by atoms with van der Waals surface area (Å²) in [5, 5.41) is 23.3. The summed E-state index contributed by atoms with van der Waals surface area (Å²) in [5.74, 6) is -0.485. The Morgan fingerprint density at radius 1 is 0.667 bits per heavy atom. The van der Waals surface area contributed by atoms with Crippen LogP contribution >= 0.6 is 0 Å². The molecule has 0 heterocycles. The van der Waals surface area contributed by atoms with Crippen LogP contribution in [0.5, 0.6) is 23.0 Å². The fraction of sp³-hybridized carbons (Fsp3) is 0.0625. The molecule has 2 aliphatic rings. The van der Waals surface area contributed by atoms with Gasteiger partial charge in [0.05, 0.1) is 19.8 Å². The molecular weight excluding hydrogens is 536 g/mol. The topological polar surface area (TPSA) is 98.7 Å². The molecule has 0 spiro atoms. The van der Waals surface area contributed by atoms with Crippen molar-refractivity contribution < 1.29 is 46.3 Å². The summed E-state index contributed by atoms with van der Waals surface area (Å²) in [6.45, 7) is 0. The molecule has 0 aromatic heterocycles. The van der Waals surface area contributed by atoms with Crippen molar-refractivity contribution in [3.8, 4) is 23.0 Å². The van der Waals surface area contributed by atoms with E-state index in [1.807, 2.05) is 32.1 Å². The van der Waals surface area contributed by atoms with E-state index in [9.17, 15) is 19.8 Å². The average Bonchev–Trinajstić information content (AvgIpc) is 3.68. The fourth-order valence-electron chi connectivity index (χ4n) is 3.34. The number of ketones is 2. The van der Waals surface area contributed by atoms with Crippen LogP contribution in [0.2, 0.25) is 0 Å². The summed E-state index contributed by atoms with van der Waals surface area (Å²) in [6.07, 6.45) is 24.3. The van der Waals surface area contributed by atoms with Crippen molar-refractivity contribution in [2.24, 2.45) is 0 Å². The summed E-state index contributed by atoms with van der Waals surface area (Å²) in [7, 11) is 2.78. The van der Waals surface area contributed by atoms with Gasteiger partial charge in [0.2, 0.25) is 0 Å². The zero-order chi connectivity index (χ0) is 27.3. The molecule has 0 bridgehead atoms. The normalized spacial score (nSPS) is 14.9. The van der Waals surface area contributed by atoms with Crippen LogP contribution in [0.15, 0.2) is 60.2 Å². The van der Waals surface area contributed by atoms with Crippen LogP contribution in [-0.2, 0) is 26.7 Å². The van der Waals surface area contributed by atoms with E-state index >= 15 is 0 Å². The van der Waals surface area contributed by atoms with Crippen molar-refractivity contribution in [3.63, 3.8) is 0 Å². The van der Waals surface area contributed by atoms with E-state index in [1.165, 1.54) is 68.9 Å². The Labute approximate surface area is 241 Å².